The van der Waals surface area contributed by atoms with Gasteiger partial charge in [0.25, 0.3) is 0 Å². The molecule has 0 bridgehead atoms. The topological polar surface area (TPSA) is 36.7 Å². The van der Waals surface area contributed by atoms with Gasteiger partial charge in [-0.15, -0.1) is 24.2 Å². The average molecular weight is 289 g/mol. The van der Waals surface area contributed by atoms with E-state index in [9.17, 15) is 5.26 Å². The van der Waals surface area contributed by atoms with Crippen molar-refractivity contribution in [2.24, 2.45) is 0 Å². The number of aromatic nitrogens is 1. The lowest BCUT2D eigenvalue weighted by Gasteiger charge is -2.00. The molecule has 0 fully saturated rings. The highest BCUT2D eigenvalue weighted by Gasteiger charge is 2.01. The molecule has 0 saturated carbocycles. The van der Waals surface area contributed by atoms with Crippen molar-refractivity contribution in [2.45, 2.75) is 4.90 Å². The number of thioether (sulfide) groups is 1. The van der Waals surface area contributed by atoms with Gasteiger partial charge >= 0.3 is 0 Å². The van der Waals surface area contributed by atoms with E-state index in [1.165, 1.54) is 4.90 Å². The number of pyridine rings is 1. The third-order valence-electron chi connectivity index (χ3n) is 2.49. The summed E-state index contributed by atoms with van der Waals surface area (Å²) < 4.78 is 0. The second-order valence-electron chi connectivity index (χ2n) is 3.66. The van der Waals surface area contributed by atoms with Crippen molar-refractivity contribution in [3.63, 3.8) is 0 Å². The summed E-state index contributed by atoms with van der Waals surface area (Å²) in [5, 5.41) is 9.18. The summed E-state index contributed by atoms with van der Waals surface area (Å²) >= 11 is 1.70. The Bertz CT molecular complexity index is 586. The number of hydrogen-bond acceptors (Lipinski definition) is 3. The second-order valence-corrected chi connectivity index (χ2v) is 4.54. The molecule has 0 unspecified atom stereocenters. The van der Waals surface area contributed by atoms with Crippen molar-refractivity contribution >= 4 is 35.8 Å². The van der Waals surface area contributed by atoms with Gasteiger partial charge in [-0.25, -0.2) is 0 Å². The molecule has 0 aliphatic rings. The first-order chi connectivity index (χ1) is 8.83. The Labute approximate surface area is 123 Å². The molecule has 2 rings (SSSR count). The molecular weight excluding hydrogens is 276 g/mol. The maximum atomic E-state index is 9.18. The van der Waals surface area contributed by atoms with Crippen LogP contribution in [0, 0.1) is 11.3 Å². The van der Waals surface area contributed by atoms with Crippen LogP contribution in [0.1, 0.15) is 11.3 Å². The molecule has 1 heterocycles. The van der Waals surface area contributed by atoms with Gasteiger partial charge in [-0.1, -0.05) is 18.2 Å². The molecule has 1 aromatic heterocycles. The highest BCUT2D eigenvalue weighted by atomic mass is 35.5. The van der Waals surface area contributed by atoms with E-state index >= 15 is 0 Å². The fourth-order valence-corrected chi connectivity index (χ4v) is 1.96. The third-order valence-corrected chi connectivity index (χ3v) is 3.23. The van der Waals surface area contributed by atoms with E-state index in [1.807, 2.05) is 54.8 Å². The standard InChI is InChI=1S/C15H12N2S.ClH/c1-18-14-7-5-12(6-8-14)10-13(11-16)15-4-2-3-9-17-15;/h2-10H,1H3;1H. The lowest BCUT2D eigenvalue weighted by atomic mass is 10.1. The van der Waals surface area contributed by atoms with Crippen LogP contribution in [0.5, 0.6) is 0 Å². The van der Waals surface area contributed by atoms with E-state index in [2.05, 4.69) is 11.1 Å². The van der Waals surface area contributed by atoms with Gasteiger partial charge in [0.05, 0.1) is 11.3 Å². The molecule has 4 heteroatoms. The second kappa shape index (κ2) is 7.63. The average Bonchev–Trinajstić information content (AvgIpc) is 2.46. The van der Waals surface area contributed by atoms with Crippen molar-refractivity contribution in [3.8, 4) is 6.07 Å². The van der Waals surface area contributed by atoms with E-state index in [1.54, 1.807) is 18.0 Å². The largest absolute Gasteiger partial charge is 0.256 e. The van der Waals surface area contributed by atoms with Gasteiger partial charge in [0.15, 0.2) is 0 Å². The van der Waals surface area contributed by atoms with Crippen LogP contribution in [-0.2, 0) is 0 Å². The number of rotatable bonds is 3. The quantitative estimate of drug-likeness (QED) is 0.624. The van der Waals surface area contributed by atoms with Gasteiger partial charge in [-0.3, -0.25) is 4.98 Å². The minimum atomic E-state index is 0. The lowest BCUT2D eigenvalue weighted by Crippen LogP contribution is -1.85. The van der Waals surface area contributed by atoms with Crippen LogP contribution in [0.2, 0.25) is 0 Å². The number of nitrogens with zero attached hydrogens (tertiary/aromatic N) is 2. The highest BCUT2D eigenvalue weighted by molar-refractivity contribution is 7.98. The first-order valence-electron chi connectivity index (χ1n) is 5.51. The van der Waals surface area contributed by atoms with Crippen molar-refractivity contribution in [3.05, 3.63) is 59.9 Å². The molecule has 0 amide bonds. The van der Waals surface area contributed by atoms with Crippen LogP contribution >= 0.6 is 24.2 Å². The van der Waals surface area contributed by atoms with Crippen LogP contribution < -0.4 is 0 Å². The molecule has 0 atom stereocenters. The zero-order valence-corrected chi connectivity index (χ0v) is 12.0. The van der Waals surface area contributed by atoms with Crippen LogP contribution in [0.3, 0.4) is 0 Å². The highest BCUT2D eigenvalue weighted by Crippen LogP contribution is 2.19. The van der Waals surface area contributed by atoms with E-state index in [4.69, 9.17) is 0 Å². The Hall–Kier alpha value is -1.76. The Morgan fingerprint density at radius 2 is 1.95 bits per heavy atom. The number of halogens is 1. The van der Waals surface area contributed by atoms with Crippen LogP contribution in [0.15, 0.2) is 53.6 Å². The van der Waals surface area contributed by atoms with Crippen LogP contribution in [0.4, 0.5) is 0 Å². The molecule has 2 aromatic rings. The molecule has 0 aliphatic heterocycles. The molecule has 0 N–H and O–H groups in total. The fraction of sp³-hybridized carbons (Fsp3) is 0.0667. The number of benzene rings is 1. The molecule has 0 spiro atoms. The number of hydrogen-bond donors (Lipinski definition) is 0. The van der Waals surface area contributed by atoms with Gasteiger partial charge in [0, 0.05) is 11.1 Å². The summed E-state index contributed by atoms with van der Waals surface area (Å²) in [6.07, 6.45) is 5.59. The van der Waals surface area contributed by atoms with Gasteiger partial charge in [-0.05, 0) is 42.2 Å². The Balaban J connectivity index is 0.00000180. The molecule has 2 nitrogen and oxygen atoms in total. The van der Waals surface area contributed by atoms with Crippen molar-refractivity contribution in [1.82, 2.24) is 4.98 Å². The van der Waals surface area contributed by atoms with E-state index in [-0.39, 0.29) is 12.4 Å². The minimum Gasteiger partial charge on any atom is -0.256 e. The molecule has 1 aromatic carbocycles. The van der Waals surface area contributed by atoms with Crippen molar-refractivity contribution in [2.75, 3.05) is 6.26 Å². The number of nitriles is 1. The zero-order chi connectivity index (χ0) is 12.8. The summed E-state index contributed by atoms with van der Waals surface area (Å²) in [5.74, 6) is 0. The molecule has 96 valence electrons. The first kappa shape index (κ1) is 15.3. The summed E-state index contributed by atoms with van der Waals surface area (Å²) in [6, 6.07) is 15.8. The summed E-state index contributed by atoms with van der Waals surface area (Å²) in [5.41, 5.74) is 2.29. The Kier molecular flexibility index (Phi) is 6.14. The first-order valence-corrected chi connectivity index (χ1v) is 6.73. The third kappa shape index (κ3) is 4.13. The van der Waals surface area contributed by atoms with E-state index in [0.717, 1.165) is 5.56 Å². The zero-order valence-electron chi connectivity index (χ0n) is 10.4. The molecule has 19 heavy (non-hydrogen) atoms. The summed E-state index contributed by atoms with van der Waals surface area (Å²) in [7, 11) is 0. The predicted molar refractivity (Wildman–Crippen MR) is 83.2 cm³/mol. The molecule has 0 aliphatic carbocycles. The monoisotopic (exact) mass is 288 g/mol. The maximum Gasteiger partial charge on any atom is 0.101 e. The molecular formula is C15H13ClN2S. The fourth-order valence-electron chi connectivity index (χ4n) is 1.55. The van der Waals surface area contributed by atoms with Gasteiger partial charge in [-0.2, -0.15) is 5.26 Å². The van der Waals surface area contributed by atoms with Crippen LogP contribution in [0.25, 0.3) is 11.6 Å². The minimum absolute atomic E-state index is 0. The number of allylic oxidation sites excluding steroid dienone is 1. The Morgan fingerprint density at radius 1 is 1.21 bits per heavy atom. The maximum absolute atomic E-state index is 9.18. The molecule has 0 radical (unpaired) electrons. The normalized spacial score (nSPS) is 10.4. The van der Waals surface area contributed by atoms with Crippen molar-refractivity contribution in [1.29, 1.82) is 5.26 Å². The van der Waals surface area contributed by atoms with Gasteiger partial charge in [0.1, 0.15) is 6.07 Å². The van der Waals surface area contributed by atoms with E-state index in [0.29, 0.717) is 11.3 Å². The van der Waals surface area contributed by atoms with Gasteiger partial charge in [0.2, 0.25) is 0 Å². The molecule has 0 saturated heterocycles. The smallest absolute Gasteiger partial charge is 0.101 e. The SMILES string of the molecule is CSc1ccc(C=C(C#N)c2ccccn2)cc1.Cl. The van der Waals surface area contributed by atoms with Gasteiger partial charge < -0.3 is 0 Å². The lowest BCUT2D eigenvalue weighted by molar-refractivity contribution is 1.28. The Morgan fingerprint density at radius 3 is 2.47 bits per heavy atom. The summed E-state index contributed by atoms with van der Waals surface area (Å²) in [4.78, 5) is 5.40. The predicted octanol–water partition coefficient (Wildman–Crippen LogP) is 4.29. The van der Waals surface area contributed by atoms with Crippen LogP contribution in [-0.4, -0.2) is 11.2 Å². The van der Waals surface area contributed by atoms with Crippen molar-refractivity contribution < 1.29 is 0 Å². The van der Waals surface area contributed by atoms with E-state index < -0.39 is 0 Å². The summed E-state index contributed by atoms with van der Waals surface area (Å²) in [6.45, 7) is 0.